The number of rotatable bonds is 14. The monoisotopic (exact) mass is 595 g/mol. The number of nitrogens with one attached hydrogen (secondary N) is 3. The SMILES string of the molecule is O=C(O)CNC(=O)CNC(=O)[C@H](Cc1ccccc1)NC(=O)CSC(c1ccccc1)(c1ccccc1)c1ccccc1. The van der Waals surface area contributed by atoms with Gasteiger partial charge < -0.3 is 21.1 Å². The van der Waals surface area contributed by atoms with Crippen LogP contribution in [0.5, 0.6) is 0 Å². The smallest absolute Gasteiger partial charge is 0.322 e. The maximum atomic E-state index is 13.5. The number of hydrogen-bond donors (Lipinski definition) is 4. The maximum absolute atomic E-state index is 13.5. The van der Waals surface area contributed by atoms with Crippen LogP contribution in [0.4, 0.5) is 0 Å². The summed E-state index contributed by atoms with van der Waals surface area (Å²) in [6, 6.07) is 38.3. The van der Waals surface area contributed by atoms with Crippen molar-refractivity contribution in [1.82, 2.24) is 16.0 Å². The lowest BCUT2D eigenvalue weighted by molar-refractivity contribution is -0.138. The highest BCUT2D eigenvalue weighted by molar-refractivity contribution is 8.01. The van der Waals surface area contributed by atoms with Gasteiger partial charge in [-0.05, 0) is 22.3 Å². The van der Waals surface area contributed by atoms with Crippen molar-refractivity contribution in [2.24, 2.45) is 0 Å². The molecule has 0 aliphatic carbocycles. The van der Waals surface area contributed by atoms with Crippen molar-refractivity contribution < 1.29 is 24.3 Å². The van der Waals surface area contributed by atoms with Crippen LogP contribution in [0, 0.1) is 0 Å². The van der Waals surface area contributed by atoms with Crippen molar-refractivity contribution in [1.29, 1.82) is 0 Å². The van der Waals surface area contributed by atoms with E-state index in [1.807, 2.05) is 121 Å². The molecular formula is C34H33N3O5S. The van der Waals surface area contributed by atoms with Crippen LogP contribution < -0.4 is 16.0 Å². The third-order valence-electron chi connectivity index (χ3n) is 6.76. The molecule has 220 valence electrons. The van der Waals surface area contributed by atoms with E-state index < -0.39 is 41.7 Å². The van der Waals surface area contributed by atoms with Crippen molar-refractivity contribution in [3.05, 3.63) is 144 Å². The minimum Gasteiger partial charge on any atom is -0.480 e. The molecule has 0 heterocycles. The second kappa shape index (κ2) is 15.4. The summed E-state index contributed by atoms with van der Waals surface area (Å²) in [5.74, 6) is -2.69. The van der Waals surface area contributed by atoms with Crippen LogP contribution in [0.25, 0.3) is 0 Å². The highest BCUT2D eigenvalue weighted by Gasteiger charge is 2.37. The topological polar surface area (TPSA) is 125 Å². The largest absolute Gasteiger partial charge is 0.480 e. The average Bonchev–Trinajstić information content (AvgIpc) is 3.04. The van der Waals surface area contributed by atoms with Crippen LogP contribution in [0.15, 0.2) is 121 Å². The Balaban J connectivity index is 1.56. The van der Waals surface area contributed by atoms with Crippen LogP contribution in [0.1, 0.15) is 22.3 Å². The maximum Gasteiger partial charge on any atom is 0.322 e. The van der Waals surface area contributed by atoms with Gasteiger partial charge in [-0.2, -0.15) is 0 Å². The van der Waals surface area contributed by atoms with Gasteiger partial charge in [-0.25, -0.2) is 0 Å². The molecule has 1 atom stereocenters. The molecule has 4 N–H and O–H groups in total. The zero-order chi connectivity index (χ0) is 30.5. The van der Waals surface area contributed by atoms with E-state index in [0.717, 1.165) is 22.3 Å². The average molecular weight is 596 g/mol. The normalized spacial score (nSPS) is 11.6. The van der Waals surface area contributed by atoms with Crippen LogP contribution in [-0.2, 0) is 30.3 Å². The number of benzene rings is 4. The van der Waals surface area contributed by atoms with Gasteiger partial charge in [0.25, 0.3) is 0 Å². The molecule has 0 aromatic heterocycles. The summed E-state index contributed by atoms with van der Waals surface area (Å²) in [6.07, 6.45) is 0.209. The highest BCUT2D eigenvalue weighted by Crippen LogP contribution is 2.48. The predicted octanol–water partition coefficient (Wildman–Crippen LogP) is 3.76. The first kappa shape index (κ1) is 31.1. The van der Waals surface area contributed by atoms with Gasteiger partial charge >= 0.3 is 5.97 Å². The van der Waals surface area contributed by atoms with E-state index in [0.29, 0.717) is 0 Å². The Hall–Kier alpha value is -4.89. The summed E-state index contributed by atoms with van der Waals surface area (Å²) in [4.78, 5) is 49.4. The van der Waals surface area contributed by atoms with E-state index in [1.165, 1.54) is 11.8 Å². The minimum atomic E-state index is -1.19. The number of amides is 3. The summed E-state index contributed by atoms with van der Waals surface area (Å²) in [7, 11) is 0. The third-order valence-corrected chi connectivity index (χ3v) is 8.30. The lowest BCUT2D eigenvalue weighted by Crippen LogP contribution is -2.50. The Bertz CT molecular complexity index is 1410. The Labute approximate surface area is 254 Å². The first-order chi connectivity index (χ1) is 20.9. The number of thioether (sulfide) groups is 1. The number of carbonyl (C=O) groups is 4. The highest BCUT2D eigenvalue weighted by atomic mass is 32.2. The summed E-state index contributed by atoms with van der Waals surface area (Å²) in [6.45, 7) is -0.969. The molecule has 8 nitrogen and oxygen atoms in total. The number of carboxylic acid groups (broad SMARTS) is 1. The van der Waals surface area contributed by atoms with E-state index in [2.05, 4.69) is 16.0 Å². The Morgan fingerprint density at radius 1 is 0.628 bits per heavy atom. The molecular weight excluding hydrogens is 562 g/mol. The quantitative estimate of drug-likeness (QED) is 0.165. The first-order valence-electron chi connectivity index (χ1n) is 13.8. The van der Waals surface area contributed by atoms with Crippen molar-refractivity contribution in [2.45, 2.75) is 17.2 Å². The Morgan fingerprint density at radius 3 is 1.56 bits per heavy atom. The first-order valence-corrected chi connectivity index (χ1v) is 14.8. The molecule has 0 fully saturated rings. The molecule has 0 saturated heterocycles. The molecule has 0 radical (unpaired) electrons. The van der Waals surface area contributed by atoms with Crippen LogP contribution in [-0.4, -0.2) is 53.7 Å². The second-order valence-corrected chi connectivity index (χ2v) is 11.0. The number of carboxylic acids is 1. The fourth-order valence-corrected chi connectivity index (χ4v) is 6.10. The number of hydrogen-bond acceptors (Lipinski definition) is 5. The van der Waals surface area contributed by atoms with E-state index in [9.17, 15) is 19.2 Å². The number of carbonyl (C=O) groups excluding carboxylic acids is 3. The summed E-state index contributed by atoms with van der Waals surface area (Å²) in [5.41, 5.74) is 3.86. The summed E-state index contributed by atoms with van der Waals surface area (Å²) in [5, 5.41) is 16.4. The van der Waals surface area contributed by atoms with E-state index in [1.54, 1.807) is 0 Å². The predicted molar refractivity (Wildman–Crippen MR) is 167 cm³/mol. The third kappa shape index (κ3) is 8.56. The van der Waals surface area contributed by atoms with Gasteiger partial charge in [0.1, 0.15) is 12.6 Å². The molecule has 0 aliphatic heterocycles. The molecule has 4 aromatic carbocycles. The standard InChI is InChI=1S/C34H33N3O5S/c38-30(35-23-32(40)41)22-36-33(42)29(21-25-13-5-1-6-14-25)37-31(39)24-43-34(26-15-7-2-8-16-26,27-17-9-3-10-18-27)28-19-11-4-12-20-28/h1-20,29H,21-24H2,(H,35,38)(H,36,42)(H,37,39)(H,40,41)/t29-/m0/s1. The molecule has 4 aromatic rings. The zero-order valence-corrected chi connectivity index (χ0v) is 24.3. The van der Waals surface area contributed by atoms with E-state index in [4.69, 9.17) is 5.11 Å². The second-order valence-electron chi connectivity index (χ2n) is 9.77. The van der Waals surface area contributed by atoms with Crippen LogP contribution in [0.2, 0.25) is 0 Å². The molecule has 4 rings (SSSR count). The molecule has 0 saturated carbocycles. The Kier molecular flexibility index (Phi) is 11.1. The van der Waals surface area contributed by atoms with Gasteiger partial charge in [-0.1, -0.05) is 121 Å². The van der Waals surface area contributed by atoms with Gasteiger partial charge in [0.05, 0.1) is 17.0 Å². The van der Waals surface area contributed by atoms with Crippen molar-refractivity contribution in [2.75, 3.05) is 18.8 Å². The molecule has 43 heavy (non-hydrogen) atoms. The zero-order valence-electron chi connectivity index (χ0n) is 23.4. The summed E-state index contributed by atoms with van der Waals surface area (Å²) >= 11 is 1.46. The van der Waals surface area contributed by atoms with E-state index >= 15 is 0 Å². The lowest BCUT2D eigenvalue weighted by Gasteiger charge is -2.35. The van der Waals surface area contributed by atoms with Crippen LogP contribution >= 0.6 is 11.8 Å². The van der Waals surface area contributed by atoms with Crippen molar-refractivity contribution in [3.63, 3.8) is 0 Å². The van der Waals surface area contributed by atoms with Gasteiger partial charge in [-0.3, -0.25) is 19.2 Å². The van der Waals surface area contributed by atoms with Gasteiger partial charge in [0, 0.05) is 6.42 Å². The van der Waals surface area contributed by atoms with Gasteiger partial charge in [0.15, 0.2) is 0 Å². The fraction of sp³-hybridized carbons (Fsp3) is 0.176. The summed E-state index contributed by atoms with van der Waals surface area (Å²) < 4.78 is -0.708. The Morgan fingerprint density at radius 2 is 1.09 bits per heavy atom. The molecule has 9 heteroatoms. The van der Waals surface area contributed by atoms with Crippen LogP contribution in [0.3, 0.4) is 0 Å². The molecule has 0 aliphatic rings. The van der Waals surface area contributed by atoms with Crippen molar-refractivity contribution >= 4 is 35.5 Å². The minimum absolute atomic E-state index is 0.0380. The molecule has 0 spiro atoms. The van der Waals surface area contributed by atoms with Crippen molar-refractivity contribution in [3.8, 4) is 0 Å². The van der Waals surface area contributed by atoms with Gasteiger partial charge in [0.2, 0.25) is 17.7 Å². The molecule has 3 amide bonds. The van der Waals surface area contributed by atoms with E-state index in [-0.39, 0.29) is 18.1 Å². The fourth-order valence-electron chi connectivity index (χ4n) is 4.76. The molecule has 0 bridgehead atoms. The molecule has 0 unspecified atom stereocenters. The number of aliphatic carboxylic acids is 1. The lowest BCUT2D eigenvalue weighted by atomic mass is 9.84. The van der Waals surface area contributed by atoms with Gasteiger partial charge in [-0.15, -0.1) is 11.8 Å².